The first-order chi connectivity index (χ1) is 14.3. The molecule has 1 aliphatic heterocycles. The molecule has 0 saturated carbocycles. The molecule has 0 radical (unpaired) electrons. The van der Waals surface area contributed by atoms with E-state index in [4.69, 9.17) is 0 Å². The van der Waals surface area contributed by atoms with Crippen molar-refractivity contribution < 1.29 is 22.8 Å². The second-order valence-corrected chi connectivity index (χ2v) is 6.90. The summed E-state index contributed by atoms with van der Waals surface area (Å²) >= 11 is 0. The molecule has 0 aliphatic carbocycles. The van der Waals surface area contributed by atoms with Crippen LogP contribution in [0.4, 0.5) is 19.0 Å². The van der Waals surface area contributed by atoms with Gasteiger partial charge in [0.25, 0.3) is 11.8 Å². The Kier molecular flexibility index (Phi) is 6.53. The molecule has 0 spiro atoms. The number of hydrogen-bond donors (Lipinski definition) is 1. The van der Waals surface area contributed by atoms with Crippen molar-refractivity contribution in [3.63, 3.8) is 0 Å². The van der Waals surface area contributed by atoms with Crippen molar-refractivity contribution in [3.05, 3.63) is 53.2 Å². The molecule has 2 aromatic rings. The van der Waals surface area contributed by atoms with E-state index in [1.165, 1.54) is 29.2 Å². The maximum Gasteiger partial charge on any atom is 0.417 e. The fraction of sp³-hybridized carbons (Fsp3) is 0.400. The fourth-order valence-corrected chi connectivity index (χ4v) is 3.18. The van der Waals surface area contributed by atoms with E-state index in [1.54, 1.807) is 11.0 Å². The summed E-state index contributed by atoms with van der Waals surface area (Å²) in [6.45, 7) is 3.46. The maximum absolute atomic E-state index is 13.3. The van der Waals surface area contributed by atoms with E-state index in [9.17, 15) is 22.8 Å². The lowest BCUT2D eigenvalue weighted by molar-refractivity contribution is -0.138. The number of alkyl halides is 3. The first-order valence-corrected chi connectivity index (χ1v) is 9.63. The van der Waals surface area contributed by atoms with Crippen molar-refractivity contribution in [3.8, 4) is 0 Å². The molecule has 30 heavy (non-hydrogen) atoms. The van der Waals surface area contributed by atoms with E-state index >= 15 is 0 Å². The molecule has 0 atom stereocenters. The quantitative estimate of drug-likeness (QED) is 0.803. The van der Waals surface area contributed by atoms with E-state index in [-0.39, 0.29) is 23.8 Å². The highest BCUT2D eigenvalue weighted by molar-refractivity contribution is 5.96. The normalized spacial score (nSPS) is 14.5. The molecule has 1 aromatic heterocycles. The molecule has 7 nitrogen and oxygen atoms in total. The Bertz CT molecular complexity index is 902. The minimum absolute atomic E-state index is 0.0844. The Morgan fingerprint density at radius 1 is 1.10 bits per heavy atom. The topological polar surface area (TPSA) is 78.4 Å². The van der Waals surface area contributed by atoms with Gasteiger partial charge in [-0.25, -0.2) is 0 Å². The molecule has 2 amide bonds. The highest BCUT2D eigenvalue weighted by Crippen LogP contribution is 2.32. The second-order valence-electron chi connectivity index (χ2n) is 6.90. The predicted octanol–water partition coefficient (Wildman–Crippen LogP) is 2.95. The summed E-state index contributed by atoms with van der Waals surface area (Å²) in [5.41, 5.74) is -1.15. The molecule has 1 aromatic carbocycles. The lowest BCUT2D eigenvalue weighted by atomic mass is 10.1. The third-order valence-corrected chi connectivity index (χ3v) is 4.69. The van der Waals surface area contributed by atoms with Gasteiger partial charge in [0.2, 0.25) is 0 Å². The van der Waals surface area contributed by atoms with E-state index < -0.39 is 17.6 Å². The van der Waals surface area contributed by atoms with Crippen LogP contribution in [0.5, 0.6) is 0 Å². The van der Waals surface area contributed by atoms with Gasteiger partial charge in [0.15, 0.2) is 11.5 Å². The van der Waals surface area contributed by atoms with Gasteiger partial charge in [-0.15, -0.1) is 10.2 Å². The second kappa shape index (κ2) is 9.10. The van der Waals surface area contributed by atoms with Crippen LogP contribution in [0.2, 0.25) is 0 Å². The number of nitrogens with one attached hydrogen (secondary N) is 1. The van der Waals surface area contributed by atoms with Gasteiger partial charge >= 0.3 is 6.18 Å². The largest absolute Gasteiger partial charge is 0.417 e. The Morgan fingerprint density at radius 2 is 1.87 bits per heavy atom. The lowest BCUT2D eigenvalue weighted by Gasteiger charge is -2.36. The third-order valence-electron chi connectivity index (χ3n) is 4.69. The summed E-state index contributed by atoms with van der Waals surface area (Å²) in [6, 6.07) is 7.92. The van der Waals surface area contributed by atoms with Gasteiger partial charge < -0.3 is 15.1 Å². The monoisotopic (exact) mass is 421 g/mol. The van der Waals surface area contributed by atoms with Crippen LogP contribution in [-0.4, -0.2) is 53.2 Å². The summed E-state index contributed by atoms with van der Waals surface area (Å²) in [4.78, 5) is 27.8. The molecule has 1 saturated heterocycles. The van der Waals surface area contributed by atoms with Crippen LogP contribution in [0.15, 0.2) is 36.4 Å². The van der Waals surface area contributed by atoms with Crippen LogP contribution in [0, 0.1) is 0 Å². The van der Waals surface area contributed by atoms with E-state index in [0.717, 1.165) is 12.5 Å². The van der Waals surface area contributed by atoms with Gasteiger partial charge in [-0.1, -0.05) is 19.1 Å². The fourth-order valence-electron chi connectivity index (χ4n) is 3.18. The average molecular weight is 421 g/mol. The Labute approximate surface area is 171 Å². The van der Waals surface area contributed by atoms with Crippen LogP contribution in [0.1, 0.15) is 46.2 Å². The summed E-state index contributed by atoms with van der Waals surface area (Å²) < 4.78 is 39.8. The maximum atomic E-state index is 13.3. The summed E-state index contributed by atoms with van der Waals surface area (Å²) in [6.07, 6.45) is -3.24. The molecule has 0 unspecified atom stereocenters. The molecule has 160 valence electrons. The smallest absolute Gasteiger partial charge is 0.351 e. The summed E-state index contributed by atoms with van der Waals surface area (Å²) in [7, 11) is 0. The molecule has 1 fully saturated rings. The summed E-state index contributed by atoms with van der Waals surface area (Å²) in [5, 5.41) is 10.7. The Hall–Kier alpha value is -3.17. The Balaban J connectivity index is 1.73. The zero-order valence-electron chi connectivity index (χ0n) is 16.4. The molecule has 0 bridgehead atoms. The predicted molar refractivity (Wildman–Crippen MR) is 104 cm³/mol. The van der Waals surface area contributed by atoms with Gasteiger partial charge in [-0.05, 0) is 37.1 Å². The number of nitrogens with zero attached hydrogens (tertiary/aromatic N) is 4. The van der Waals surface area contributed by atoms with Gasteiger partial charge in [-0.3, -0.25) is 9.59 Å². The highest BCUT2D eigenvalue weighted by atomic mass is 19.4. The summed E-state index contributed by atoms with van der Waals surface area (Å²) in [5.74, 6) is -0.560. The van der Waals surface area contributed by atoms with Crippen molar-refractivity contribution in [1.29, 1.82) is 0 Å². The number of carbonyl (C=O) groups is 2. The van der Waals surface area contributed by atoms with Crippen molar-refractivity contribution in [2.45, 2.75) is 25.9 Å². The van der Waals surface area contributed by atoms with Crippen molar-refractivity contribution in [1.82, 2.24) is 20.4 Å². The number of hydrogen-bond acceptors (Lipinski definition) is 5. The zero-order valence-corrected chi connectivity index (χ0v) is 16.4. The first-order valence-electron chi connectivity index (χ1n) is 9.63. The number of rotatable bonds is 5. The van der Waals surface area contributed by atoms with Crippen LogP contribution < -0.4 is 10.2 Å². The molecular formula is C20H22F3N5O2. The zero-order chi connectivity index (χ0) is 21.7. The van der Waals surface area contributed by atoms with Crippen LogP contribution in [-0.2, 0) is 6.18 Å². The lowest BCUT2D eigenvalue weighted by Crippen LogP contribution is -2.48. The molecule has 3 rings (SSSR count). The van der Waals surface area contributed by atoms with Gasteiger partial charge in [0.05, 0.1) is 17.8 Å². The van der Waals surface area contributed by atoms with Crippen LogP contribution in [0.3, 0.4) is 0 Å². The van der Waals surface area contributed by atoms with Gasteiger partial charge in [0, 0.05) is 19.6 Å². The van der Waals surface area contributed by atoms with Crippen LogP contribution >= 0.6 is 0 Å². The minimum atomic E-state index is -4.61. The number of aromatic nitrogens is 2. The van der Waals surface area contributed by atoms with Crippen molar-refractivity contribution in [2.75, 3.05) is 31.2 Å². The standard InChI is InChI=1S/C20H22F3N5O2/c1-2-10-24-18(29)16-8-9-17(26-25-16)27-11-5-12-28(13-27)19(30)14-6-3-4-7-15(14)20(21,22)23/h3-4,6-9H,2,5,10-13H2,1H3,(H,24,29). The van der Waals surface area contributed by atoms with Crippen molar-refractivity contribution in [2.24, 2.45) is 0 Å². The number of halogens is 3. The van der Waals surface area contributed by atoms with Crippen molar-refractivity contribution >= 4 is 17.6 Å². The number of carbonyl (C=O) groups excluding carboxylic acids is 2. The molecule has 10 heteroatoms. The van der Waals surface area contributed by atoms with E-state index in [1.807, 2.05) is 6.92 Å². The molecule has 2 heterocycles. The number of anilines is 1. The third kappa shape index (κ3) is 4.87. The molecule has 1 aliphatic rings. The van der Waals surface area contributed by atoms with Gasteiger partial charge in [0.1, 0.15) is 0 Å². The van der Waals surface area contributed by atoms with E-state index in [2.05, 4.69) is 15.5 Å². The Morgan fingerprint density at radius 3 is 2.53 bits per heavy atom. The first kappa shape index (κ1) is 21.5. The highest BCUT2D eigenvalue weighted by Gasteiger charge is 2.36. The SMILES string of the molecule is CCCNC(=O)c1ccc(N2CCCN(C(=O)c3ccccc3C(F)(F)F)C2)nn1. The minimum Gasteiger partial charge on any atom is -0.351 e. The number of amides is 2. The van der Waals surface area contributed by atoms with E-state index in [0.29, 0.717) is 31.9 Å². The average Bonchev–Trinajstić information content (AvgIpc) is 2.76. The number of benzene rings is 1. The van der Waals surface area contributed by atoms with Crippen LogP contribution in [0.25, 0.3) is 0 Å². The molecule has 1 N–H and O–H groups in total. The van der Waals surface area contributed by atoms with Gasteiger partial charge in [-0.2, -0.15) is 13.2 Å². The molecular weight excluding hydrogens is 399 g/mol.